The van der Waals surface area contributed by atoms with Gasteiger partial charge in [0.25, 0.3) is 0 Å². The Labute approximate surface area is 133 Å². The molecule has 1 amide bonds. The summed E-state index contributed by atoms with van der Waals surface area (Å²) in [6.07, 6.45) is 3.67. The molecule has 1 aliphatic rings. The molecule has 4 nitrogen and oxygen atoms in total. The zero-order chi connectivity index (χ0) is 15.3. The monoisotopic (exact) mass is 350 g/mol. The minimum atomic E-state index is -0.553. The fourth-order valence-corrected chi connectivity index (χ4v) is 2.79. The Morgan fingerprint density at radius 2 is 2.29 bits per heavy atom. The van der Waals surface area contributed by atoms with Crippen LogP contribution in [0.15, 0.2) is 28.7 Å². The Morgan fingerprint density at radius 1 is 1.52 bits per heavy atom. The van der Waals surface area contributed by atoms with Crippen LogP contribution in [-0.2, 0) is 4.79 Å². The van der Waals surface area contributed by atoms with Gasteiger partial charge in [-0.3, -0.25) is 4.79 Å². The van der Waals surface area contributed by atoms with Crippen molar-refractivity contribution in [3.8, 4) is 11.8 Å². The number of benzene rings is 1. The zero-order valence-electron chi connectivity index (χ0n) is 12.1. The molecule has 0 atom stereocenters. The van der Waals surface area contributed by atoms with Crippen LogP contribution in [0.4, 0.5) is 0 Å². The number of halogens is 1. The molecule has 0 aromatic heterocycles. The molecule has 1 aromatic carbocycles. The van der Waals surface area contributed by atoms with E-state index in [1.165, 1.54) is 0 Å². The van der Waals surface area contributed by atoms with Crippen molar-refractivity contribution in [3.05, 3.63) is 28.7 Å². The highest BCUT2D eigenvalue weighted by Crippen LogP contribution is 2.36. The smallest absolute Gasteiger partial charge is 0.223 e. The molecular formula is C16H19BrN2O2. The number of nitrogens with zero attached hydrogens (tertiary/aromatic N) is 2. The van der Waals surface area contributed by atoms with E-state index in [0.29, 0.717) is 19.4 Å². The van der Waals surface area contributed by atoms with Gasteiger partial charge in [-0.15, -0.1) is 0 Å². The molecule has 1 aromatic rings. The van der Waals surface area contributed by atoms with Crippen LogP contribution in [0.1, 0.15) is 32.1 Å². The van der Waals surface area contributed by atoms with Crippen LogP contribution in [0.3, 0.4) is 0 Å². The van der Waals surface area contributed by atoms with Crippen LogP contribution in [0.25, 0.3) is 0 Å². The molecule has 21 heavy (non-hydrogen) atoms. The van der Waals surface area contributed by atoms with E-state index in [9.17, 15) is 10.1 Å². The second-order valence-electron chi connectivity index (χ2n) is 5.36. The van der Waals surface area contributed by atoms with E-state index in [2.05, 4.69) is 22.0 Å². The van der Waals surface area contributed by atoms with Gasteiger partial charge in [-0.25, -0.2) is 0 Å². The van der Waals surface area contributed by atoms with Crippen molar-refractivity contribution >= 4 is 21.8 Å². The van der Waals surface area contributed by atoms with Gasteiger partial charge in [0, 0.05) is 17.9 Å². The summed E-state index contributed by atoms with van der Waals surface area (Å²) in [5.41, 5.74) is -0.553. The number of rotatable bonds is 6. The first kappa shape index (κ1) is 15.8. The highest BCUT2D eigenvalue weighted by Gasteiger charge is 2.43. The minimum absolute atomic E-state index is 0.0223. The van der Waals surface area contributed by atoms with Crippen LogP contribution < -0.4 is 4.74 Å². The first-order valence-electron chi connectivity index (χ1n) is 7.14. The summed E-state index contributed by atoms with van der Waals surface area (Å²) in [5.74, 6) is 0.812. The Morgan fingerprint density at radius 3 is 2.86 bits per heavy atom. The molecule has 2 rings (SSSR count). The third-order valence-electron chi connectivity index (χ3n) is 4.00. The lowest BCUT2D eigenvalue weighted by atomic mass is 9.76. The van der Waals surface area contributed by atoms with Gasteiger partial charge in [0.2, 0.25) is 5.91 Å². The van der Waals surface area contributed by atoms with Crippen molar-refractivity contribution in [3.63, 3.8) is 0 Å². The Balaban J connectivity index is 1.73. The molecule has 1 saturated carbocycles. The van der Waals surface area contributed by atoms with Gasteiger partial charge in [-0.05, 0) is 43.9 Å². The highest BCUT2D eigenvalue weighted by atomic mass is 79.9. The van der Waals surface area contributed by atoms with Crippen molar-refractivity contribution in [2.75, 3.05) is 13.7 Å². The lowest BCUT2D eigenvalue weighted by molar-refractivity contribution is -0.136. The molecule has 0 bridgehead atoms. The first-order chi connectivity index (χ1) is 10.1. The lowest BCUT2D eigenvalue weighted by Gasteiger charge is -2.43. The van der Waals surface area contributed by atoms with Gasteiger partial charge in [0.15, 0.2) is 0 Å². The standard InChI is InChI=1S/C16H19BrN2O2/c1-19(16(12-18)8-4-9-16)15(20)7-3-10-21-14-6-2-5-13(17)11-14/h2,5-6,11H,3-4,7-10H2,1H3. The fourth-order valence-electron chi connectivity index (χ4n) is 2.41. The molecule has 0 aliphatic heterocycles. The maximum Gasteiger partial charge on any atom is 0.223 e. The quantitative estimate of drug-likeness (QED) is 0.737. The predicted octanol–water partition coefficient (Wildman–Crippen LogP) is 3.51. The van der Waals surface area contributed by atoms with Crippen LogP contribution in [-0.4, -0.2) is 30.0 Å². The number of hydrogen-bond donors (Lipinski definition) is 0. The number of hydrogen-bond acceptors (Lipinski definition) is 3. The summed E-state index contributed by atoms with van der Waals surface area (Å²) in [4.78, 5) is 13.7. The maximum absolute atomic E-state index is 12.1. The summed E-state index contributed by atoms with van der Waals surface area (Å²) >= 11 is 3.39. The molecule has 0 radical (unpaired) electrons. The van der Waals surface area contributed by atoms with Crippen molar-refractivity contribution in [1.29, 1.82) is 5.26 Å². The SMILES string of the molecule is CN(C(=O)CCCOc1cccc(Br)c1)C1(C#N)CCC1. The second kappa shape index (κ2) is 6.95. The van der Waals surface area contributed by atoms with E-state index in [0.717, 1.165) is 29.5 Å². The number of amides is 1. The minimum Gasteiger partial charge on any atom is -0.494 e. The normalized spacial score (nSPS) is 15.7. The predicted molar refractivity (Wildman–Crippen MR) is 83.8 cm³/mol. The van der Waals surface area contributed by atoms with Crippen molar-refractivity contribution in [2.45, 2.75) is 37.6 Å². The van der Waals surface area contributed by atoms with Gasteiger partial charge >= 0.3 is 0 Å². The van der Waals surface area contributed by atoms with Gasteiger partial charge in [0.1, 0.15) is 11.3 Å². The molecular weight excluding hydrogens is 332 g/mol. The summed E-state index contributed by atoms with van der Waals surface area (Å²) in [6, 6.07) is 9.91. The Hall–Kier alpha value is -1.54. The highest BCUT2D eigenvalue weighted by molar-refractivity contribution is 9.10. The first-order valence-corrected chi connectivity index (χ1v) is 7.93. The number of nitriles is 1. The zero-order valence-corrected chi connectivity index (χ0v) is 13.7. The van der Waals surface area contributed by atoms with E-state index < -0.39 is 5.54 Å². The number of ether oxygens (including phenoxy) is 1. The van der Waals surface area contributed by atoms with Gasteiger partial charge in [-0.1, -0.05) is 22.0 Å². The molecule has 1 aliphatic carbocycles. The molecule has 0 unspecified atom stereocenters. The van der Waals surface area contributed by atoms with Gasteiger partial charge in [-0.2, -0.15) is 5.26 Å². The largest absolute Gasteiger partial charge is 0.494 e. The van der Waals surface area contributed by atoms with Crippen LogP contribution >= 0.6 is 15.9 Å². The summed E-state index contributed by atoms with van der Waals surface area (Å²) in [6.45, 7) is 0.496. The summed E-state index contributed by atoms with van der Waals surface area (Å²) < 4.78 is 6.57. The van der Waals surface area contributed by atoms with E-state index in [4.69, 9.17) is 4.74 Å². The second-order valence-corrected chi connectivity index (χ2v) is 6.27. The molecule has 0 heterocycles. The third-order valence-corrected chi connectivity index (χ3v) is 4.50. The van der Waals surface area contributed by atoms with Gasteiger partial charge in [0.05, 0.1) is 12.7 Å². The van der Waals surface area contributed by atoms with E-state index in [1.54, 1.807) is 11.9 Å². The van der Waals surface area contributed by atoms with E-state index in [-0.39, 0.29) is 5.91 Å². The number of carbonyl (C=O) groups excluding carboxylic acids is 1. The van der Waals surface area contributed by atoms with Crippen LogP contribution in [0.2, 0.25) is 0 Å². The molecule has 112 valence electrons. The van der Waals surface area contributed by atoms with Crippen molar-refractivity contribution in [1.82, 2.24) is 4.90 Å². The van der Waals surface area contributed by atoms with Crippen LogP contribution in [0, 0.1) is 11.3 Å². The number of carbonyl (C=O) groups is 1. The van der Waals surface area contributed by atoms with E-state index >= 15 is 0 Å². The third kappa shape index (κ3) is 3.76. The van der Waals surface area contributed by atoms with E-state index in [1.807, 2.05) is 24.3 Å². The average Bonchev–Trinajstić information content (AvgIpc) is 2.43. The molecule has 0 saturated heterocycles. The summed E-state index contributed by atoms with van der Waals surface area (Å²) in [7, 11) is 1.74. The lowest BCUT2D eigenvalue weighted by Crippen LogP contribution is -2.53. The average molecular weight is 351 g/mol. The Kier molecular flexibility index (Phi) is 5.24. The van der Waals surface area contributed by atoms with Crippen molar-refractivity contribution < 1.29 is 9.53 Å². The fraction of sp³-hybridized carbons (Fsp3) is 0.500. The maximum atomic E-state index is 12.1. The molecule has 5 heteroatoms. The molecule has 0 N–H and O–H groups in total. The Bertz CT molecular complexity index is 549. The molecule has 0 spiro atoms. The van der Waals surface area contributed by atoms with Gasteiger partial charge < -0.3 is 9.64 Å². The summed E-state index contributed by atoms with van der Waals surface area (Å²) in [5, 5.41) is 9.23. The van der Waals surface area contributed by atoms with Crippen LogP contribution in [0.5, 0.6) is 5.75 Å². The topological polar surface area (TPSA) is 53.3 Å². The molecule has 1 fully saturated rings. The van der Waals surface area contributed by atoms with Crippen molar-refractivity contribution in [2.24, 2.45) is 0 Å².